The number of amides is 3. The van der Waals surface area contributed by atoms with Crippen LogP contribution in [0.25, 0.3) is 10.9 Å². The summed E-state index contributed by atoms with van der Waals surface area (Å²) in [5, 5.41) is 3.58. The van der Waals surface area contributed by atoms with Crippen LogP contribution >= 0.6 is 23.2 Å². The SMILES string of the molecule is CCn1cc(C(=O)N2CCCCC2C(=O)Nc2cc(Cl)ccc2Cl)c(=O)c2cc(F)c(N3CCN(C(=O)CCc4ccccc4)CC3)cc21. The number of likely N-dealkylation sites (tertiary alicyclic amines) is 1. The van der Waals surface area contributed by atoms with Crippen LogP contribution in [0.5, 0.6) is 0 Å². The summed E-state index contributed by atoms with van der Waals surface area (Å²) in [6.07, 6.45) is 4.41. The van der Waals surface area contributed by atoms with Crippen molar-refractivity contribution in [1.29, 1.82) is 0 Å². The summed E-state index contributed by atoms with van der Waals surface area (Å²) >= 11 is 12.4. The van der Waals surface area contributed by atoms with E-state index >= 15 is 4.39 Å². The Hall–Kier alpha value is -4.41. The molecule has 6 rings (SSSR count). The molecule has 0 saturated carbocycles. The van der Waals surface area contributed by atoms with Crippen molar-refractivity contribution in [3.63, 3.8) is 0 Å². The monoisotopic (exact) mass is 705 g/mol. The molecule has 2 aliphatic heterocycles. The van der Waals surface area contributed by atoms with Gasteiger partial charge in [-0.3, -0.25) is 19.2 Å². The summed E-state index contributed by atoms with van der Waals surface area (Å²) in [4.78, 5) is 59.2. The predicted molar refractivity (Wildman–Crippen MR) is 191 cm³/mol. The molecular formula is C37H38Cl2FN5O4. The first kappa shape index (κ1) is 34.5. The Morgan fingerprint density at radius 2 is 1.69 bits per heavy atom. The number of nitrogens with zero attached hydrogens (tertiary/aromatic N) is 4. The fraction of sp³-hybridized carbons (Fsp3) is 0.351. The number of pyridine rings is 1. The number of hydrogen-bond donors (Lipinski definition) is 1. The fourth-order valence-corrected chi connectivity index (χ4v) is 7.05. The summed E-state index contributed by atoms with van der Waals surface area (Å²) in [6.45, 7) is 4.42. The first-order valence-corrected chi connectivity index (χ1v) is 17.4. The van der Waals surface area contributed by atoms with Crippen LogP contribution in [0.15, 0.2) is 71.7 Å². The Bertz CT molecular complexity index is 1950. The van der Waals surface area contributed by atoms with Crippen molar-refractivity contribution in [1.82, 2.24) is 14.4 Å². The van der Waals surface area contributed by atoms with Gasteiger partial charge in [0.05, 0.1) is 21.9 Å². The second kappa shape index (κ2) is 15.0. The third-order valence-electron chi connectivity index (χ3n) is 9.42. The number of hydrogen-bond acceptors (Lipinski definition) is 5. The molecule has 4 aromatic rings. The number of halogens is 3. The van der Waals surface area contributed by atoms with Crippen molar-refractivity contribution in [2.75, 3.05) is 42.9 Å². The zero-order chi connectivity index (χ0) is 34.7. The van der Waals surface area contributed by atoms with Gasteiger partial charge in [-0.05, 0) is 68.5 Å². The molecule has 0 aliphatic carbocycles. The highest BCUT2D eigenvalue weighted by Gasteiger charge is 2.35. The Balaban J connectivity index is 1.20. The van der Waals surface area contributed by atoms with Gasteiger partial charge in [-0.1, -0.05) is 53.5 Å². The number of nitrogens with one attached hydrogen (secondary N) is 1. The van der Waals surface area contributed by atoms with Gasteiger partial charge in [0.2, 0.25) is 17.2 Å². The van der Waals surface area contributed by atoms with E-state index in [2.05, 4.69) is 5.32 Å². The van der Waals surface area contributed by atoms with Crippen molar-refractivity contribution >= 4 is 63.2 Å². The molecule has 12 heteroatoms. The number of anilines is 2. The Morgan fingerprint density at radius 3 is 2.43 bits per heavy atom. The third kappa shape index (κ3) is 7.45. The molecule has 3 aromatic carbocycles. The molecule has 1 N–H and O–H groups in total. The average molecular weight is 707 g/mol. The minimum Gasteiger partial charge on any atom is -0.366 e. The maximum absolute atomic E-state index is 15.8. The highest BCUT2D eigenvalue weighted by molar-refractivity contribution is 6.35. The van der Waals surface area contributed by atoms with Crippen LogP contribution in [0.2, 0.25) is 10.0 Å². The lowest BCUT2D eigenvalue weighted by molar-refractivity contribution is -0.131. The van der Waals surface area contributed by atoms with Crippen LogP contribution in [-0.2, 0) is 22.6 Å². The topological polar surface area (TPSA) is 95.0 Å². The fourth-order valence-electron chi connectivity index (χ4n) is 6.72. The second-order valence-corrected chi connectivity index (χ2v) is 13.3. The largest absolute Gasteiger partial charge is 0.366 e. The molecule has 2 fully saturated rings. The number of fused-ring (bicyclic) bond motifs is 1. The third-order valence-corrected chi connectivity index (χ3v) is 9.98. The van der Waals surface area contributed by atoms with Crippen molar-refractivity contribution in [2.45, 2.75) is 51.6 Å². The molecule has 2 saturated heterocycles. The van der Waals surface area contributed by atoms with Crippen LogP contribution in [0.1, 0.15) is 48.5 Å². The van der Waals surface area contributed by atoms with E-state index in [0.717, 1.165) is 12.0 Å². The van der Waals surface area contributed by atoms with E-state index in [4.69, 9.17) is 23.2 Å². The van der Waals surface area contributed by atoms with E-state index < -0.39 is 29.1 Å². The molecule has 1 unspecified atom stereocenters. The molecule has 1 aromatic heterocycles. The molecular weight excluding hydrogens is 668 g/mol. The maximum Gasteiger partial charge on any atom is 0.260 e. The minimum absolute atomic E-state index is 0.0705. The maximum atomic E-state index is 15.8. The van der Waals surface area contributed by atoms with Gasteiger partial charge in [0.25, 0.3) is 5.91 Å². The van der Waals surface area contributed by atoms with Crippen molar-refractivity contribution in [3.8, 4) is 0 Å². The van der Waals surface area contributed by atoms with Gasteiger partial charge in [0, 0.05) is 62.3 Å². The highest BCUT2D eigenvalue weighted by atomic mass is 35.5. The first-order chi connectivity index (χ1) is 23.6. The average Bonchev–Trinajstić information content (AvgIpc) is 3.12. The first-order valence-electron chi connectivity index (χ1n) is 16.6. The van der Waals surface area contributed by atoms with Gasteiger partial charge in [-0.25, -0.2) is 4.39 Å². The molecule has 1 atom stereocenters. The van der Waals surface area contributed by atoms with Gasteiger partial charge >= 0.3 is 0 Å². The summed E-state index contributed by atoms with van der Waals surface area (Å²) in [5.74, 6) is -1.51. The lowest BCUT2D eigenvalue weighted by Crippen LogP contribution is -2.51. The van der Waals surface area contributed by atoms with Crippen molar-refractivity contribution < 1.29 is 18.8 Å². The lowest BCUT2D eigenvalue weighted by atomic mass is 9.99. The molecule has 49 heavy (non-hydrogen) atoms. The van der Waals surface area contributed by atoms with Crippen LogP contribution < -0.4 is 15.6 Å². The van der Waals surface area contributed by atoms with Gasteiger partial charge in [-0.15, -0.1) is 0 Å². The molecule has 0 bridgehead atoms. The standard InChI is InChI=1S/C37H38Cl2FN5O4/c1-2-42-23-27(37(49)45-15-7-6-10-31(45)36(48)41-30-20-25(38)12-13-28(30)39)35(47)26-21-29(40)33(22-32(26)42)43-16-18-44(19-17-43)34(46)14-11-24-8-4-3-5-9-24/h3-5,8-9,12-13,20-23,31H,2,6-7,10-11,14-19H2,1H3,(H,41,48). The molecule has 2 aliphatic rings. The number of aromatic nitrogens is 1. The summed E-state index contributed by atoms with van der Waals surface area (Å²) < 4.78 is 17.5. The van der Waals surface area contributed by atoms with E-state index in [9.17, 15) is 19.2 Å². The molecule has 0 radical (unpaired) electrons. The molecule has 9 nitrogen and oxygen atoms in total. The molecule has 256 valence electrons. The number of piperazine rings is 1. The van der Waals surface area contributed by atoms with E-state index in [1.807, 2.05) is 47.1 Å². The van der Waals surface area contributed by atoms with Crippen LogP contribution in [0.4, 0.5) is 15.8 Å². The van der Waals surface area contributed by atoms with E-state index in [1.54, 1.807) is 22.8 Å². The Morgan fingerprint density at radius 1 is 0.939 bits per heavy atom. The quantitative estimate of drug-likeness (QED) is 0.230. The van der Waals surface area contributed by atoms with Crippen molar-refractivity contribution in [2.24, 2.45) is 0 Å². The Labute approximate surface area is 294 Å². The van der Waals surface area contributed by atoms with Crippen LogP contribution in [0.3, 0.4) is 0 Å². The highest BCUT2D eigenvalue weighted by Crippen LogP contribution is 2.29. The number of aryl methyl sites for hydroxylation is 2. The van der Waals surface area contributed by atoms with Gasteiger partial charge < -0.3 is 24.6 Å². The number of rotatable bonds is 8. The van der Waals surface area contributed by atoms with Gasteiger partial charge in [0.15, 0.2) is 0 Å². The summed E-state index contributed by atoms with van der Waals surface area (Å²) in [7, 11) is 0. The van der Waals surface area contributed by atoms with Gasteiger partial charge in [-0.2, -0.15) is 0 Å². The zero-order valence-electron chi connectivity index (χ0n) is 27.3. The predicted octanol–water partition coefficient (Wildman–Crippen LogP) is 6.38. The lowest BCUT2D eigenvalue weighted by Gasteiger charge is -2.36. The van der Waals surface area contributed by atoms with Gasteiger partial charge in [0.1, 0.15) is 17.4 Å². The van der Waals surface area contributed by atoms with Crippen LogP contribution in [-0.4, -0.2) is 70.9 Å². The number of piperidine rings is 1. The number of carbonyl (C=O) groups excluding carboxylic acids is 3. The zero-order valence-corrected chi connectivity index (χ0v) is 28.8. The second-order valence-electron chi connectivity index (χ2n) is 12.5. The number of carbonyl (C=O) groups is 3. The normalized spacial score (nSPS) is 16.6. The Kier molecular flexibility index (Phi) is 10.6. The van der Waals surface area contributed by atoms with E-state index in [0.29, 0.717) is 85.3 Å². The smallest absolute Gasteiger partial charge is 0.260 e. The summed E-state index contributed by atoms with van der Waals surface area (Å²) in [5.41, 5.74) is 1.58. The molecule has 3 amide bonds. The summed E-state index contributed by atoms with van der Waals surface area (Å²) in [6, 6.07) is 16.6. The molecule has 0 spiro atoms. The van der Waals surface area contributed by atoms with Crippen LogP contribution in [0, 0.1) is 5.82 Å². The van der Waals surface area contributed by atoms with E-state index in [-0.39, 0.29) is 23.4 Å². The number of benzene rings is 3. The molecule has 3 heterocycles. The minimum atomic E-state index is -0.829. The van der Waals surface area contributed by atoms with E-state index in [1.165, 1.54) is 23.2 Å². The van der Waals surface area contributed by atoms with Crippen molar-refractivity contribution in [3.05, 3.63) is 104 Å².